The third-order valence-corrected chi connectivity index (χ3v) is 3.54. The van der Waals surface area contributed by atoms with Crippen molar-refractivity contribution < 1.29 is 0 Å². The first-order chi connectivity index (χ1) is 5.79. The van der Waals surface area contributed by atoms with Crippen LogP contribution >= 0.6 is 11.6 Å². The highest BCUT2D eigenvalue weighted by Crippen LogP contribution is 2.56. The molecule has 2 aliphatic rings. The van der Waals surface area contributed by atoms with Gasteiger partial charge in [0.25, 0.3) is 0 Å². The molecule has 3 rings (SSSR count). The van der Waals surface area contributed by atoms with Gasteiger partial charge in [0, 0.05) is 17.0 Å². The van der Waals surface area contributed by atoms with Crippen LogP contribution in [0.3, 0.4) is 0 Å². The van der Waals surface area contributed by atoms with Crippen LogP contribution in [0.1, 0.15) is 17.0 Å². The van der Waals surface area contributed by atoms with Crippen molar-refractivity contribution in [3.63, 3.8) is 0 Å². The van der Waals surface area contributed by atoms with Gasteiger partial charge in [-0.05, 0) is 29.5 Å². The highest BCUT2D eigenvalue weighted by Gasteiger charge is 2.53. The standard InChI is InChI=1S/C10H10ClN/c11-8-3-1-2-5-6(8)4-7-9(5)10(7)12/h1-3,7,9-10H,4,12H2. The molecule has 0 amide bonds. The van der Waals surface area contributed by atoms with Crippen LogP contribution in [0.5, 0.6) is 0 Å². The zero-order chi connectivity index (χ0) is 8.29. The summed E-state index contributed by atoms with van der Waals surface area (Å²) in [6, 6.07) is 6.57. The first-order valence-corrected chi connectivity index (χ1v) is 4.69. The van der Waals surface area contributed by atoms with E-state index in [-0.39, 0.29) is 0 Å². The molecule has 0 aromatic heterocycles. The summed E-state index contributed by atoms with van der Waals surface area (Å²) in [7, 11) is 0. The minimum absolute atomic E-state index is 0.413. The van der Waals surface area contributed by atoms with Crippen LogP contribution in [0.2, 0.25) is 5.02 Å². The topological polar surface area (TPSA) is 26.0 Å². The molecule has 0 saturated heterocycles. The summed E-state index contributed by atoms with van der Waals surface area (Å²) < 4.78 is 0. The quantitative estimate of drug-likeness (QED) is 0.647. The zero-order valence-corrected chi connectivity index (χ0v) is 7.38. The third-order valence-electron chi connectivity index (χ3n) is 3.18. The Morgan fingerprint density at radius 3 is 3.08 bits per heavy atom. The molecule has 2 heteroatoms. The molecular formula is C10H10ClN. The number of nitrogens with two attached hydrogens (primary N) is 1. The Kier molecular flexibility index (Phi) is 1.18. The Hall–Kier alpha value is -0.530. The summed E-state index contributed by atoms with van der Waals surface area (Å²) >= 11 is 6.06. The molecule has 1 nitrogen and oxygen atoms in total. The first-order valence-electron chi connectivity index (χ1n) is 4.32. The highest BCUT2D eigenvalue weighted by molar-refractivity contribution is 6.31. The average molecular weight is 180 g/mol. The Morgan fingerprint density at radius 2 is 2.25 bits per heavy atom. The molecule has 1 aromatic rings. The fourth-order valence-electron chi connectivity index (χ4n) is 2.44. The second-order valence-electron chi connectivity index (χ2n) is 3.78. The van der Waals surface area contributed by atoms with Crippen LogP contribution in [0.25, 0.3) is 0 Å². The van der Waals surface area contributed by atoms with Gasteiger partial charge in [-0.25, -0.2) is 0 Å². The number of rotatable bonds is 0. The minimum atomic E-state index is 0.413. The lowest BCUT2D eigenvalue weighted by atomic mass is 10.1. The molecule has 2 aliphatic carbocycles. The Labute approximate surface area is 76.5 Å². The van der Waals surface area contributed by atoms with Gasteiger partial charge in [0.15, 0.2) is 0 Å². The molecule has 0 bridgehead atoms. The summed E-state index contributed by atoms with van der Waals surface area (Å²) in [5, 5.41) is 0.923. The van der Waals surface area contributed by atoms with Crippen molar-refractivity contribution >= 4 is 11.6 Å². The van der Waals surface area contributed by atoms with Crippen LogP contribution in [0.4, 0.5) is 0 Å². The smallest absolute Gasteiger partial charge is 0.0440 e. The van der Waals surface area contributed by atoms with Gasteiger partial charge < -0.3 is 5.73 Å². The summed E-state index contributed by atoms with van der Waals surface area (Å²) in [6.07, 6.45) is 1.10. The van der Waals surface area contributed by atoms with Crippen molar-refractivity contribution in [2.24, 2.45) is 11.7 Å². The molecule has 2 N–H and O–H groups in total. The van der Waals surface area contributed by atoms with E-state index < -0.39 is 0 Å². The van der Waals surface area contributed by atoms with Gasteiger partial charge in [-0.1, -0.05) is 23.7 Å². The highest BCUT2D eigenvalue weighted by atomic mass is 35.5. The second-order valence-corrected chi connectivity index (χ2v) is 4.19. The Balaban J connectivity index is 2.16. The maximum absolute atomic E-state index is 6.06. The van der Waals surface area contributed by atoms with E-state index in [1.54, 1.807) is 0 Å². The van der Waals surface area contributed by atoms with E-state index in [1.165, 1.54) is 11.1 Å². The van der Waals surface area contributed by atoms with E-state index in [9.17, 15) is 0 Å². The van der Waals surface area contributed by atoms with E-state index in [2.05, 4.69) is 6.07 Å². The monoisotopic (exact) mass is 179 g/mol. The lowest BCUT2D eigenvalue weighted by Crippen LogP contribution is -2.08. The molecule has 1 fully saturated rings. The van der Waals surface area contributed by atoms with E-state index in [0.29, 0.717) is 17.9 Å². The van der Waals surface area contributed by atoms with Crippen molar-refractivity contribution in [1.82, 2.24) is 0 Å². The molecule has 62 valence electrons. The summed E-state index contributed by atoms with van der Waals surface area (Å²) in [6.45, 7) is 0. The zero-order valence-electron chi connectivity index (χ0n) is 6.63. The van der Waals surface area contributed by atoms with Crippen molar-refractivity contribution in [3.05, 3.63) is 34.3 Å². The predicted octanol–water partition coefficient (Wildman–Crippen LogP) is 1.94. The number of halogens is 1. The Bertz CT molecular complexity index is 348. The van der Waals surface area contributed by atoms with Gasteiger partial charge >= 0.3 is 0 Å². The van der Waals surface area contributed by atoms with Crippen molar-refractivity contribution in [1.29, 1.82) is 0 Å². The number of hydrogen-bond donors (Lipinski definition) is 1. The van der Waals surface area contributed by atoms with Crippen LogP contribution in [0.15, 0.2) is 18.2 Å². The molecule has 3 unspecified atom stereocenters. The fourth-order valence-corrected chi connectivity index (χ4v) is 2.70. The average Bonchev–Trinajstić information content (AvgIpc) is 2.57. The molecule has 1 saturated carbocycles. The minimum Gasteiger partial charge on any atom is -0.327 e. The van der Waals surface area contributed by atoms with Crippen LogP contribution in [-0.4, -0.2) is 6.04 Å². The number of hydrogen-bond acceptors (Lipinski definition) is 1. The number of benzene rings is 1. The molecular weight excluding hydrogens is 170 g/mol. The van der Waals surface area contributed by atoms with Crippen LogP contribution in [0, 0.1) is 5.92 Å². The number of fused-ring (bicyclic) bond motifs is 3. The van der Waals surface area contributed by atoms with Gasteiger partial charge in [-0.15, -0.1) is 0 Å². The maximum Gasteiger partial charge on any atom is 0.0440 e. The summed E-state index contributed by atoms with van der Waals surface area (Å²) in [5.74, 6) is 1.32. The second kappa shape index (κ2) is 2.04. The van der Waals surface area contributed by atoms with Crippen LogP contribution in [-0.2, 0) is 6.42 Å². The molecule has 0 aliphatic heterocycles. The fraction of sp³-hybridized carbons (Fsp3) is 0.400. The first kappa shape index (κ1) is 6.93. The van der Waals surface area contributed by atoms with E-state index in [4.69, 9.17) is 17.3 Å². The molecule has 3 atom stereocenters. The van der Waals surface area contributed by atoms with Crippen molar-refractivity contribution in [2.45, 2.75) is 18.4 Å². The maximum atomic E-state index is 6.06. The lowest BCUT2D eigenvalue weighted by Gasteiger charge is -2.05. The predicted molar refractivity (Wildman–Crippen MR) is 49.4 cm³/mol. The molecule has 0 spiro atoms. The van der Waals surface area contributed by atoms with Crippen molar-refractivity contribution in [2.75, 3.05) is 0 Å². The molecule has 12 heavy (non-hydrogen) atoms. The molecule has 0 heterocycles. The van der Waals surface area contributed by atoms with Gasteiger partial charge in [0.1, 0.15) is 0 Å². The van der Waals surface area contributed by atoms with E-state index in [0.717, 1.165) is 11.4 Å². The van der Waals surface area contributed by atoms with Gasteiger partial charge in [-0.3, -0.25) is 0 Å². The normalized spacial score (nSPS) is 36.0. The van der Waals surface area contributed by atoms with E-state index >= 15 is 0 Å². The largest absolute Gasteiger partial charge is 0.327 e. The Morgan fingerprint density at radius 1 is 1.42 bits per heavy atom. The summed E-state index contributed by atoms with van der Waals surface area (Å²) in [4.78, 5) is 0. The summed E-state index contributed by atoms with van der Waals surface area (Å²) in [5.41, 5.74) is 8.64. The van der Waals surface area contributed by atoms with E-state index in [1.807, 2.05) is 12.1 Å². The third kappa shape index (κ3) is 0.686. The van der Waals surface area contributed by atoms with Crippen LogP contribution < -0.4 is 5.73 Å². The van der Waals surface area contributed by atoms with Gasteiger partial charge in [0.05, 0.1) is 0 Å². The van der Waals surface area contributed by atoms with Gasteiger partial charge in [0.2, 0.25) is 0 Å². The van der Waals surface area contributed by atoms with Gasteiger partial charge in [-0.2, -0.15) is 0 Å². The molecule has 1 aromatic carbocycles. The molecule has 0 radical (unpaired) electrons. The van der Waals surface area contributed by atoms with Crippen molar-refractivity contribution in [3.8, 4) is 0 Å². The lowest BCUT2D eigenvalue weighted by molar-refractivity contribution is 0.801. The SMILES string of the molecule is NC1C2Cc3c(Cl)cccc3C12.